The lowest BCUT2D eigenvalue weighted by Gasteiger charge is -2.27. The van der Waals surface area contributed by atoms with Crippen molar-refractivity contribution < 1.29 is 17.9 Å². The molecule has 114 valence electrons. The van der Waals surface area contributed by atoms with E-state index in [-0.39, 0.29) is 16.2 Å². The van der Waals surface area contributed by atoms with E-state index in [1.54, 1.807) is 18.9 Å². The van der Waals surface area contributed by atoms with Crippen molar-refractivity contribution in [3.8, 4) is 0 Å². The first-order chi connectivity index (χ1) is 9.23. The summed E-state index contributed by atoms with van der Waals surface area (Å²) < 4.78 is 27.9. The highest BCUT2D eigenvalue weighted by molar-refractivity contribution is 8.15. The molecule has 0 N–H and O–H groups in total. The van der Waals surface area contributed by atoms with Crippen molar-refractivity contribution in [2.45, 2.75) is 31.0 Å². The summed E-state index contributed by atoms with van der Waals surface area (Å²) in [5, 5.41) is 1.54. The van der Waals surface area contributed by atoms with Gasteiger partial charge in [0.2, 0.25) is 0 Å². The lowest BCUT2D eigenvalue weighted by atomic mass is 10.1. The zero-order valence-corrected chi connectivity index (χ0v) is 14.2. The number of carbonyl (C=O) groups is 1. The van der Waals surface area contributed by atoms with E-state index in [1.807, 2.05) is 13.8 Å². The molecule has 1 aromatic heterocycles. The van der Waals surface area contributed by atoms with Gasteiger partial charge in [0.25, 0.3) is 15.0 Å². The fourth-order valence-electron chi connectivity index (χ4n) is 1.99. The van der Waals surface area contributed by atoms with E-state index < -0.39 is 9.05 Å². The second-order valence-electron chi connectivity index (χ2n) is 4.40. The van der Waals surface area contributed by atoms with E-state index in [1.165, 1.54) is 5.38 Å². The van der Waals surface area contributed by atoms with Crippen LogP contribution in [0.1, 0.15) is 29.8 Å². The summed E-state index contributed by atoms with van der Waals surface area (Å²) in [5.41, 5.74) is 0.775. The Hall–Kier alpha value is -0.630. The van der Waals surface area contributed by atoms with Crippen LogP contribution >= 0.6 is 22.0 Å². The molecular formula is C12H18ClNO4S2. The van der Waals surface area contributed by atoms with Crippen LogP contribution in [-0.4, -0.2) is 45.5 Å². The van der Waals surface area contributed by atoms with E-state index >= 15 is 0 Å². The summed E-state index contributed by atoms with van der Waals surface area (Å²) >= 11 is 0.966. The van der Waals surface area contributed by atoms with Crippen LogP contribution in [0.15, 0.2) is 9.59 Å². The first-order valence-corrected chi connectivity index (χ1v) is 9.25. The number of halogens is 1. The number of rotatable bonds is 6. The highest BCUT2D eigenvalue weighted by Gasteiger charge is 2.26. The number of ether oxygens (including phenoxy) is 1. The Bertz CT molecular complexity index is 582. The quantitative estimate of drug-likeness (QED) is 0.747. The molecule has 0 bridgehead atoms. The molecule has 1 amide bonds. The Morgan fingerprint density at radius 1 is 1.55 bits per heavy atom. The maximum Gasteiger partial charge on any atom is 0.271 e. The molecule has 1 unspecified atom stereocenters. The average Bonchev–Trinajstić information content (AvgIpc) is 2.71. The van der Waals surface area contributed by atoms with Gasteiger partial charge in [0.1, 0.15) is 4.21 Å². The van der Waals surface area contributed by atoms with Crippen molar-refractivity contribution in [1.82, 2.24) is 4.90 Å². The number of nitrogens with zero attached hydrogens (tertiary/aromatic N) is 1. The number of amides is 1. The van der Waals surface area contributed by atoms with Crippen LogP contribution in [0.3, 0.4) is 0 Å². The second-order valence-corrected chi connectivity index (χ2v) is 8.04. The molecule has 1 heterocycles. The molecule has 0 aliphatic heterocycles. The highest BCUT2D eigenvalue weighted by Crippen LogP contribution is 2.30. The SMILES string of the molecule is CCN(C(=O)c1csc(S(=O)(=O)Cl)c1C)C(C)COC. The second kappa shape index (κ2) is 6.89. The van der Waals surface area contributed by atoms with Crippen LogP contribution in [0.2, 0.25) is 0 Å². The number of thiophene rings is 1. The third-order valence-corrected chi connectivity index (χ3v) is 6.29. The minimum absolute atomic E-state index is 0.0259. The summed E-state index contributed by atoms with van der Waals surface area (Å²) in [6, 6.07) is -0.0899. The van der Waals surface area contributed by atoms with Gasteiger partial charge in [-0.05, 0) is 26.3 Å². The fourth-order valence-corrected chi connectivity index (χ4v) is 4.54. The van der Waals surface area contributed by atoms with E-state index in [4.69, 9.17) is 15.4 Å². The number of carbonyl (C=O) groups excluding carboxylic acids is 1. The van der Waals surface area contributed by atoms with Gasteiger partial charge in [-0.15, -0.1) is 11.3 Å². The van der Waals surface area contributed by atoms with E-state index in [9.17, 15) is 13.2 Å². The van der Waals surface area contributed by atoms with E-state index in [0.29, 0.717) is 24.3 Å². The molecular weight excluding hydrogens is 322 g/mol. The summed E-state index contributed by atoms with van der Waals surface area (Å²) in [5.74, 6) is -0.211. The van der Waals surface area contributed by atoms with Gasteiger partial charge in [-0.3, -0.25) is 4.79 Å². The maximum atomic E-state index is 12.5. The van der Waals surface area contributed by atoms with Crippen molar-refractivity contribution in [3.63, 3.8) is 0 Å². The summed E-state index contributed by atoms with van der Waals surface area (Å²) in [6.07, 6.45) is 0. The Morgan fingerprint density at radius 3 is 2.55 bits per heavy atom. The van der Waals surface area contributed by atoms with Gasteiger partial charge in [0.15, 0.2) is 0 Å². The zero-order valence-electron chi connectivity index (χ0n) is 11.8. The van der Waals surface area contributed by atoms with Gasteiger partial charge < -0.3 is 9.64 Å². The molecule has 1 rings (SSSR count). The maximum absolute atomic E-state index is 12.5. The minimum atomic E-state index is -3.81. The lowest BCUT2D eigenvalue weighted by molar-refractivity contribution is 0.0579. The molecule has 20 heavy (non-hydrogen) atoms. The Labute approximate surface area is 127 Å². The molecule has 1 aromatic rings. The van der Waals surface area contributed by atoms with Crippen molar-refractivity contribution in [2.24, 2.45) is 0 Å². The van der Waals surface area contributed by atoms with Crippen LogP contribution in [0.5, 0.6) is 0 Å². The van der Waals surface area contributed by atoms with Crippen LogP contribution in [0.25, 0.3) is 0 Å². The van der Waals surface area contributed by atoms with Crippen LogP contribution in [-0.2, 0) is 13.8 Å². The highest BCUT2D eigenvalue weighted by atomic mass is 35.7. The first-order valence-electron chi connectivity index (χ1n) is 6.06. The Balaban J connectivity index is 3.12. The zero-order chi connectivity index (χ0) is 15.5. The van der Waals surface area contributed by atoms with Crippen molar-refractivity contribution >= 4 is 37.0 Å². The first kappa shape index (κ1) is 17.4. The molecule has 0 spiro atoms. The Kier molecular flexibility index (Phi) is 6.00. The predicted molar refractivity (Wildman–Crippen MR) is 80.1 cm³/mol. The van der Waals surface area contributed by atoms with Gasteiger partial charge >= 0.3 is 0 Å². The number of hydrogen-bond acceptors (Lipinski definition) is 5. The number of methoxy groups -OCH3 is 1. The largest absolute Gasteiger partial charge is 0.383 e. The molecule has 0 aromatic carbocycles. The summed E-state index contributed by atoms with van der Waals surface area (Å²) in [6.45, 7) is 6.27. The normalized spacial score (nSPS) is 13.2. The van der Waals surface area contributed by atoms with Crippen molar-refractivity contribution in [2.75, 3.05) is 20.3 Å². The van der Waals surface area contributed by atoms with Crippen molar-refractivity contribution in [3.05, 3.63) is 16.5 Å². The van der Waals surface area contributed by atoms with Gasteiger partial charge in [-0.1, -0.05) is 0 Å². The molecule has 8 heteroatoms. The van der Waals surface area contributed by atoms with Crippen LogP contribution in [0, 0.1) is 6.92 Å². The van der Waals surface area contributed by atoms with Gasteiger partial charge in [-0.2, -0.15) is 0 Å². The molecule has 0 saturated heterocycles. The smallest absolute Gasteiger partial charge is 0.271 e. The third kappa shape index (κ3) is 3.72. The molecule has 0 radical (unpaired) electrons. The molecule has 0 saturated carbocycles. The average molecular weight is 340 g/mol. The molecule has 5 nitrogen and oxygen atoms in total. The summed E-state index contributed by atoms with van der Waals surface area (Å²) in [7, 11) is 3.10. The lowest BCUT2D eigenvalue weighted by Crippen LogP contribution is -2.41. The van der Waals surface area contributed by atoms with Gasteiger partial charge in [0.05, 0.1) is 18.2 Å². The topological polar surface area (TPSA) is 63.7 Å². The number of hydrogen-bond donors (Lipinski definition) is 0. The predicted octanol–water partition coefficient (Wildman–Crippen LogP) is 2.48. The standard InChI is InChI=1S/C12H18ClNO4S2/c1-5-14(8(2)6-18-4)11(15)10-7-19-12(9(10)3)20(13,16)17/h7-8H,5-6H2,1-4H3. The van der Waals surface area contributed by atoms with Crippen LogP contribution in [0.4, 0.5) is 0 Å². The van der Waals surface area contributed by atoms with Crippen LogP contribution < -0.4 is 0 Å². The molecule has 0 aliphatic rings. The molecule has 1 atom stereocenters. The molecule has 0 aliphatic carbocycles. The monoisotopic (exact) mass is 339 g/mol. The Morgan fingerprint density at radius 2 is 2.15 bits per heavy atom. The summed E-state index contributed by atoms with van der Waals surface area (Å²) in [4.78, 5) is 14.1. The fraction of sp³-hybridized carbons (Fsp3) is 0.583. The number of likely N-dealkylation sites (N-methyl/N-ethyl adjacent to an activating group) is 1. The van der Waals surface area contributed by atoms with Crippen molar-refractivity contribution in [1.29, 1.82) is 0 Å². The molecule has 0 fully saturated rings. The minimum Gasteiger partial charge on any atom is -0.383 e. The van der Waals surface area contributed by atoms with Gasteiger partial charge in [0, 0.05) is 29.7 Å². The van der Waals surface area contributed by atoms with E-state index in [2.05, 4.69) is 0 Å². The van der Waals surface area contributed by atoms with Gasteiger partial charge in [-0.25, -0.2) is 8.42 Å². The van der Waals surface area contributed by atoms with E-state index in [0.717, 1.165) is 11.3 Å². The third-order valence-electron chi connectivity index (χ3n) is 2.99.